The van der Waals surface area contributed by atoms with Crippen molar-refractivity contribution < 1.29 is 57.4 Å². The molecule has 0 aromatic rings. The Kier molecular flexibility index (Phi) is 37.9. The van der Waals surface area contributed by atoms with Gasteiger partial charge in [-0.05, 0) is 77.0 Å². The minimum Gasteiger partial charge on any atom is -0.462 e. The second kappa shape index (κ2) is 40.1. The molecule has 0 aromatic carbocycles. The van der Waals surface area contributed by atoms with E-state index < -0.39 is 57.4 Å². The van der Waals surface area contributed by atoms with Gasteiger partial charge in [-0.15, -0.1) is 0 Å². The van der Waals surface area contributed by atoms with Gasteiger partial charge in [-0.25, -0.2) is 4.57 Å². The molecule has 0 aliphatic rings. The average Bonchev–Trinajstić information content (AvgIpc) is 3.23. The third kappa shape index (κ3) is 42.3. The summed E-state index contributed by atoms with van der Waals surface area (Å²) >= 11 is 0. The zero-order chi connectivity index (χ0) is 46.9. The van der Waals surface area contributed by atoms with Gasteiger partial charge in [0.15, 0.2) is 6.10 Å². The minimum atomic E-state index is -4.48. The van der Waals surface area contributed by atoms with E-state index in [1.807, 2.05) is 40.2 Å². The molecule has 0 saturated carbocycles. The van der Waals surface area contributed by atoms with Gasteiger partial charge in [0.2, 0.25) is 0 Å². The van der Waals surface area contributed by atoms with E-state index in [-0.39, 0.29) is 32.3 Å². The van der Waals surface area contributed by atoms with Crippen LogP contribution < -0.4 is 0 Å². The van der Waals surface area contributed by atoms with Crippen molar-refractivity contribution in [3.63, 3.8) is 0 Å². The van der Waals surface area contributed by atoms with Crippen LogP contribution in [0.1, 0.15) is 123 Å². The number of hydrogen-bond donors (Lipinski definition) is 4. The first-order valence-electron chi connectivity index (χ1n) is 22.9. The summed E-state index contributed by atoms with van der Waals surface area (Å²) in [6.45, 7) is 3.73. The number of esters is 2. The van der Waals surface area contributed by atoms with Crippen LogP contribution in [0.15, 0.2) is 109 Å². The molecular weight excluding hydrogens is 822 g/mol. The summed E-state index contributed by atoms with van der Waals surface area (Å²) in [5, 5.41) is 30.5. The predicted octanol–water partition coefficient (Wildman–Crippen LogP) is 10.0. The Labute approximate surface area is 380 Å². The number of unbranched alkanes of at least 4 members (excludes halogenated alkanes) is 6. The van der Waals surface area contributed by atoms with Crippen LogP contribution in [0.5, 0.6) is 0 Å². The highest BCUT2D eigenvalue weighted by atomic mass is 31.2. The number of phosphoric ester groups is 1. The van der Waals surface area contributed by atoms with Gasteiger partial charge in [-0.2, -0.15) is 0 Å². The maximum absolute atomic E-state index is 12.7. The molecule has 0 rings (SSSR count). The van der Waals surface area contributed by atoms with E-state index in [0.717, 1.165) is 44.9 Å². The SMILES string of the molecule is CC/C=C\C[C@@H](O)/C=C/C=C/C=C\C=C/[C@H](O)[C@@H](O)CCCC(=O)OC[C@H](COP(=O)(O)OCC[N+](C)(C)C)OC(=O)CCCCC/C=C\C/C=C\C/C=C\C/C=C\CCCCC. The van der Waals surface area contributed by atoms with E-state index in [9.17, 15) is 34.4 Å². The minimum absolute atomic E-state index is 0.0375. The number of carbonyl (C=O) groups is 2. The summed E-state index contributed by atoms with van der Waals surface area (Å²) in [6.07, 6.45) is 43.7. The predicted molar refractivity (Wildman–Crippen MR) is 256 cm³/mol. The first kappa shape index (κ1) is 59.5. The van der Waals surface area contributed by atoms with Crippen molar-refractivity contribution in [2.45, 2.75) is 147 Å². The molecule has 4 N–H and O–H groups in total. The van der Waals surface area contributed by atoms with Crippen LogP contribution >= 0.6 is 7.82 Å². The van der Waals surface area contributed by atoms with Gasteiger partial charge in [0.1, 0.15) is 19.8 Å². The Morgan fingerprint density at radius 3 is 1.81 bits per heavy atom. The maximum Gasteiger partial charge on any atom is 0.472 e. The number of nitrogens with zero attached hydrogens (tertiary/aromatic N) is 1. The molecule has 1 unspecified atom stereocenters. The lowest BCUT2D eigenvalue weighted by atomic mass is 10.1. The van der Waals surface area contributed by atoms with Gasteiger partial charge in [0.25, 0.3) is 0 Å². The Balaban J connectivity index is 4.74. The Morgan fingerprint density at radius 1 is 0.635 bits per heavy atom. The number of aliphatic hydroxyl groups excluding tert-OH is 3. The van der Waals surface area contributed by atoms with Crippen molar-refractivity contribution in [1.29, 1.82) is 0 Å². The van der Waals surface area contributed by atoms with E-state index in [1.54, 1.807) is 42.5 Å². The third-order valence-corrected chi connectivity index (χ3v) is 10.1. The molecule has 0 aliphatic heterocycles. The monoisotopic (exact) mass is 905 g/mol. The summed E-state index contributed by atoms with van der Waals surface area (Å²) in [4.78, 5) is 35.5. The molecular formula is C50H83NO11P+. The Hall–Kier alpha value is -3.45. The summed E-state index contributed by atoms with van der Waals surface area (Å²) in [5.74, 6) is -1.18. The van der Waals surface area contributed by atoms with Crippen molar-refractivity contribution in [2.75, 3.05) is 47.5 Å². The van der Waals surface area contributed by atoms with Gasteiger partial charge in [-0.3, -0.25) is 18.6 Å². The maximum atomic E-state index is 12.7. The number of phosphoric acid groups is 1. The number of quaternary nitrogens is 1. The van der Waals surface area contributed by atoms with Crippen LogP contribution in [-0.4, -0.2) is 109 Å². The lowest BCUT2D eigenvalue weighted by Gasteiger charge is -2.24. The molecule has 0 fully saturated rings. The number of aliphatic hydroxyl groups is 3. The molecule has 5 atom stereocenters. The molecule has 358 valence electrons. The van der Waals surface area contributed by atoms with Gasteiger partial charge >= 0.3 is 19.8 Å². The normalized spacial score (nSPS) is 16.0. The van der Waals surface area contributed by atoms with Gasteiger partial charge in [0.05, 0.1) is 46.1 Å². The van der Waals surface area contributed by atoms with Crippen molar-refractivity contribution >= 4 is 19.8 Å². The lowest BCUT2D eigenvalue weighted by molar-refractivity contribution is -0.870. The smallest absolute Gasteiger partial charge is 0.462 e. The quantitative estimate of drug-likeness (QED) is 0.0116. The highest BCUT2D eigenvalue weighted by molar-refractivity contribution is 7.47. The summed E-state index contributed by atoms with van der Waals surface area (Å²) in [5.41, 5.74) is 0. The van der Waals surface area contributed by atoms with Crippen LogP contribution in [0.3, 0.4) is 0 Å². The number of hydrogen-bond acceptors (Lipinski definition) is 10. The highest BCUT2D eigenvalue weighted by Crippen LogP contribution is 2.43. The highest BCUT2D eigenvalue weighted by Gasteiger charge is 2.27. The zero-order valence-corrected chi connectivity index (χ0v) is 40.0. The summed E-state index contributed by atoms with van der Waals surface area (Å²) < 4.78 is 34.0. The first-order chi connectivity index (χ1) is 30.2. The molecule has 0 radical (unpaired) electrons. The van der Waals surface area contributed by atoms with E-state index in [2.05, 4.69) is 55.5 Å². The molecule has 12 nitrogen and oxygen atoms in total. The van der Waals surface area contributed by atoms with E-state index >= 15 is 0 Å². The van der Waals surface area contributed by atoms with E-state index in [0.29, 0.717) is 23.9 Å². The van der Waals surface area contributed by atoms with E-state index in [4.69, 9.17) is 18.5 Å². The molecule has 0 saturated heterocycles. The van der Waals surface area contributed by atoms with Crippen LogP contribution in [-0.2, 0) is 32.7 Å². The number of likely N-dealkylation sites (N-methyl/N-ethyl adjacent to an activating group) is 1. The second-order valence-corrected chi connectivity index (χ2v) is 17.7. The van der Waals surface area contributed by atoms with Crippen molar-refractivity contribution in [2.24, 2.45) is 0 Å². The largest absolute Gasteiger partial charge is 0.472 e. The Morgan fingerprint density at radius 2 is 1.21 bits per heavy atom. The third-order valence-electron chi connectivity index (χ3n) is 9.13. The topological polar surface area (TPSA) is 169 Å². The van der Waals surface area contributed by atoms with Gasteiger partial charge in [0, 0.05) is 12.8 Å². The van der Waals surface area contributed by atoms with Crippen LogP contribution in [0, 0.1) is 0 Å². The van der Waals surface area contributed by atoms with Crippen molar-refractivity contribution in [3.8, 4) is 0 Å². The van der Waals surface area contributed by atoms with Crippen molar-refractivity contribution in [3.05, 3.63) is 109 Å². The number of allylic oxidation sites excluding steroid dienone is 15. The fourth-order valence-electron chi connectivity index (χ4n) is 5.40. The molecule has 0 aliphatic carbocycles. The van der Waals surface area contributed by atoms with E-state index in [1.165, 1.54) is 31.8 Å². The molecule has 0 amide bonds. The van der Waals surface area contributed by atoms with Crippen LogP contribution in [0.25, 0.3) is 0 Å². The summed E-state index contributed by atoms with van der Waals surface area (Å²) in [6, 6.07) is 0. The molecule has 63 heavy (non-hydrogen) atoms. The van der Waals surface area contributed by atoms with Crippen molar-refractivity contribution in [1.82, 2.24) is 0 Å². The number of ether oxygens (including phenoxy) is 2. The molecule has 0 aromatic heterocycles. The second-order valence-electron chi connectivity index (χ2n) is 16.3. The van der Waals surface area contributed by atoms with Crippen LogP contribution in [0.4, 0.5) is 0 Å². The van der Waals surface area contributed by atoms with Crippen LogP contribution in [0.2, 0.25) is 0 Å². The Bertz CT molecular complexity index is 1490. The molecule has 0 spiro atoms. The fraction of sp³-hybridized carbons (Fsp3) is 0.600. The summed E-state index contributed by atoms with van der Waals surface area (Å²) in [7, 11) is 1.24. The lowest BCUT2D eigenvalue weighted by Crippen LogP contribution is -2.37. The fourth-order valence-corrected chi connectivity index (χ4v) is 6.14. The number of rotatable bonds is 39. The van der Waals surface area contributed by atoms with Gasteiger partial charge in [-0.1, -0.05) is 142 Å². The van der Waals surface area contributed by atoms with Gasteiger partial charge < -0.3 is 34.2 Å². The molecule has 13 heteroatoms. The zero-order valence-electron chi connectivity index (χ0n) is 39.1. The first-order valence-corrected chi connectivity index (χ1v) is 24.4. The standard InChI is InChI=1S/C50H82NO11P/c1-6-8-10-11-12-13-14-15-16-17-18-19-20-21-22-23-24-29-33-39-50(56)62-46(44-61-63(57,58)60-42-41-51(3,4)5)43-59-49(55)40-34-38-48(54)47(53)37-32-28-26-25-27-31-36-45(52)35-30-9-7-2/h9,12-13,15-16,18-19,21-22,25-28,30-32,36-37,45-48,52-54H,6-8,10-11,14,17,20,23-24,29,33-35,38-44H2,1-5H3/p+1/b13-12-,16-15-,19-18-,22-21-,27-25+,28-26-,30-9-,36-31+,37-32-/t45-,46-,47+,48+/m1/s1. The number of carbonyl (C=O) groups excluding carboxylic acids is 2. The molecule has 0 heterocycles. The molecule has 0 bridgehead atoms. The average molecular weight is 905 g/mol.